The van der Waals surface area contributed by atoms with Crippen molar-refractivity contribution < 1.29 is 9.57 Å². The van der Waals surface area contributed by atoms with Crippen LogP contribution in [0, 0.1) is 5.92 Å². The number of rotatable bonds is 3. The van der Waals surface area contributed by atoms with Crippen LogP contribution in [0.15, 0.2) is 5.16 Å². The highest BCUT2D eigenvalue weighted by Gasteiger charge is 2.32. The molecular formula is C10H19NO2. The van der Waals surface area contributed by atoms with Gasteiger partial charge in [-0.3, -0.25) is 0 Å². The van der Waals surface area contributed by atoms with Gasteiger partial charge in [-0.05, 0) is 19.8 Å². The molecule has 0 aromatic heterocycles. The van der Waals surface area contributed by atoms with Crippen LogP contribution in [-0.4, -0.2) is 24.5 Å². The lowest BCUT2D eigenvalue weighted by Gasteiger charge is -2.17. The summed E-state index contributed by atoms with van der Waals surface area (Å²) in [6.07, 6.45) is 0.894. The third-order valence-corrected chi connectivity index (χ3v) is 2.08. The van der Waals surface area contributed by atoms with Crippen molar-refractivity contribution in [2.75, 3.05) is 13.2 Å². The fourth-order valence-electron chi connectivity index (χ4n) is 1.21. The van der Waals surface area contributed by atoms with Gasteiger partial charge in [0.05, 0.1) is 12.3 Å². The van der Waals surface area contributed by atoms with Crippen molar-refractivity contribution >= 4 is 5.71 Å². The smallest absolute Gasteiger partial charge is 0.119 e. The van der Waals surface area contributed by atoms with E-state index in [2.05, 4.69) is 19.0 Å². The number of hydrogen-bond donors (Lipinski definition) is 0. The monoisotopic (exact) mass is 185 g/mol. The molecule has 3 heteroatoms. The van der Waals surface area contributed by atoms with E-state index in [-0.39, 0.29) is 5.60 Å². The lowest BCUT2D eigenvalue weighted by atomic mass is 10.0. The van der Waals surface area contributed by atoms with Crippen LogP contribution in [0.2, 0.25) is 0 Å². The summed E-state index contributed by atoms with van der Waals surface area (Å²) in [6, 6.07) is 0. The Hall–Kier alpha value is -0.570. The molecule has 13 heavy (non-hydrogen) atoms. The molecule has 0 aromatic carbocycles. The molecule has 0 unspecified atom stereocenters. The first kappa shape index (κ1) is 10.5. The zero-order chi connectivity index (χ0) is 9.90. The summed E-state index contributed by atoms with van der Waals surface area (Å²) in [4.78, 5) is 5.22. The van der Waals surface area contributed by atoms with E-state index >= 15 is 0 Å². The summed E-state index contributed by atoms with van der Waals surface area (Å²) in [6.45, 7) is 9.71. The van der Waals surface area contributed by atoms with Gasteiger partial charge >= 0.3 is 0 Å². The average Bonchev–Trinajstić information content (AvgIpc) is 2.30. The van der Waals surface area contributed by atoms with Crippen molar-refractivity contribution in [1.29, 1.82) is 0 Å². The molecule has 3 nitrogen and oxygen atoms in total. The van der Waals surface area contributed by atoms with Crippen LogP contribution in [0.3, 0.4) is 0 Å². The highest BCUT2D eigenvalue weighted by molar-refractivity contribution is 5.92. The maximum atomic E-state index is 5.50. The van der Waals surface area contributed by atoms with Crippen molar-refractivity contribution in [2.45, 2.75) is 39.7 Å². The molecule has 0 atom stereocenters. The van der Waals surface area contributed by atoms with E-state index in [1.807, 2.05) is 13.8 Å². The molecule has 0 aromatic rings. The summed E-state index contributed by atoms with van der Waals surface area (Å²) in [5, 5.41) is 4.11. The summed E-state index contributed by atoms with van der Waals surface area (Å²) >= 11 is 0. The fraction of sp³-hybridized carbons (Fsp3) is 0.900. The Morgan fingerprint density at radius 3 is 2.69 bits per heavy atom. The Bertz CT molecular complexity index is 197. The minimum atomic E-state index is -0.225. The van der Waals surface area contributed by atoms with Gasteiger partial charge in [-0.1, -0.05) is 19.0 Å². The van der Waals surface area contributed by atoms with Crippen molar-refractivity contribution in [2.24, 2.45) is 11.1 Å². The second-order valence-corrected chi connectivity index (χ2v) is 4.34. The Morgan fingerprint density at radius 1 is 1.54 bits per heavy atom. The third kappa shape index (κ3) is 2.99. The summed E-state index contributed by atoms with van der Waals surface area (Å²) < 4.78 is 5.50. The highest BCUT2D eigenvalue weighted by Crippen LogP contribution is 2.21. The number of ether oxygens (including phenoxy) is 1. The van der Waals surface area contributed by atoms with Crippen LogP contribution in [0.4, 0.5) is 0 Å². The summed E-state index contributed by atoms with van der Waals surface area (Å²) in [5.74, 6) is 0.523. The van der Waals surface area contributed by atoms with Crippen molar-refractivity contribution in [3.8, 4) is 0 Å². The summed E-state index contributed by atoms with van der Waals surface area (Å²) in [5.41, 5.74) is 0.796. The molecule has 1 rings (SSSR count). The van der Waals surface area contributed by atoms with Gasteiger partial charge < -0.3 is 9.57 Å². The third-order valence-electron chi connectivity index (χ3n) is 2.08. The van der Waals surface area contributed by atoms with Crippen LogP contribution in [0.5, 0.6) is 0 Å². The first-order chi connectivity index (χ1) is 6.02. The molecule has 1 aliphatic rings. The zero-order valence-electron chi connectivity index (χ0n) is 8.96. The minimum absolute atomic E-state index is 0.225. The predicted molar refractivity (Wildman–Crippen MR) is 52.9 cm³/mol. The van der Waals surface area contributed by atoms with Crippen molar-refractivity contribution in [3.05, 3.63) is 0 Å². The van der Waals surface area contributed by atoms with Gasteiger partial charge in [0, 0.05) is 6.42 Å². The van der Waals surface area contributed by atoms with E-state index in [0.717, 1.165) is 18.7 Å². The van der Waals surface area contributed by atoms with E-state index in [9.17, 15) is 0 Å². The average molecular weight is 185 g/mol. The molecule has 0 radical (unpaired) electrons. The van der Waals surface area contributed by atoms with Gasteiger partial charge in [0.25, 0.3) is 0 Å². The number of oxime groups is 1. The Kier molecular flexibility index (Phi) is 3.31. The quantitative estimate of drug-likeness (QED) is 0.631. The zero-order valence-corrected chi connectivity index (χ0v) is 8.96. The Balaban J connectivity index is 2.42. The van der Waals surface area contributed by atoms with Crippen LogP contribution < -0.4 is 0 Å². The first-order valence-electron chi connectivity index (χ1n) is 4.85. The molecule has 0 N–H and O–H groups in total. The Labute approximate surface area is 80.1 Å². The molecule has 1 heterocycles. The molecular weight excluding hydrogens is 166 g/mol. The molecule has 0 amide bonds. The number of nitrogens with zero attached hydrogens (tertiary/aromatic N) is 1. The van der Waals surface area contributed by atoms with E-state index in [0.29, 0.717) is 12.5 Å². The molecule has 1 saturated heterocycles. The SMILES string of the molecule is CC(C)CO/N=C1/CCOC1(C)C. The van der Waals surface area contributed by atoms with E-state index in [1.165, 1.54) is 0 Å². The van der Waals surface area contributed by atoms with Crippen LogP contribution in [-0.2, 0) is 9.57 Å². The maximum Gasteiger partial charge on any atom is 0.119 e. The molecule has 0 spiro atoms. The van der Waals surface area contributed by atoms with Gasteiger partial charge in [-0.15, -0.1) is 0 Å². The molecule has 1 aliphatic heterocycles. The van der Waals surface area contributed by atoms with Gasteiger partial charge in [0.1, 0.15) is 12.2 Å². The summed E-state index contributed by atoms with van der Waals surface area (Å²) in [7, 11) is 0. The topological polar surface area (TPSA) is 30.8 Å². The van der Waals surface area contributed by atoms with Gasteiger partial charge in [0.15, 0.2) is 0 Å². The van der Waals surface area contributed by atoms with Crippen LogP contribution in [0.1, 0.15) is 34.1 Å². The first-order valence-corrected chi connectivity index (χ1v) is 4.85. The van der Waals surface area contributed by atoms with Crippen molar-refractivity contribution in [3.63, 3.8) is 0 Å². The molecule has 0 saturated carbocycles. The van der Waals surface area contributed by atoms with E-state index in [4.69, 9.17) is 9.57 Å². The number of hydrogen-bond acceptors (Lipinski definition) is 3. The molecule has 76 valence electrons. The molecule has 0 bridgehead atoms. The van der Waals surface area contributed by atoms with Crippen LogP contribution in [0.25, 0.3) is 0 Å². The molecule has 1 fully saturated rings. The predicted octanol–water partition coefficient (Wildman–Crippen LogP) is 2.21. The molecule has 0 aliphatic carbocycles. The van der Waals surface area contributed by atoms with Crippen molar-refractivity contribution in [1.82, 2.24) is 0 Å². The van der Waals surface area contributed by atoms with Gasteiger partial charge in [0.2, 0.25) is 0 Å². The largest absolute Gasteiger partial charge is 0.395 e. The fourth-order valence-corrected chi connectivity index (χ4v) is 1.21. The maximum absolute atomic E-state index is 5.50. The van der Waals surface area contributed by atoms with Gasteiger partial charge in [-0.2, -0.15) is 0 Å². The van der Waals surface area contributed by atoms with Crippen LogP contribution >= 0.6 is 0 Å². The lowest BCUT2D eigenvalue weighted by molar-refractivity contribution is 0.0626. The van der Waals surface area contributed by atoms with E-state index < -0.39 is 0 Å². The minimum Gasteiger partial charge on any atom is -0.395 e. The van der Waals surface area contributed by atoms with E-state index in [1.54, 1.807) is 0 Å². The second kappa shape index (κ2) is 4.09. The Morgan fingerprint density at radius 2 is 2.23 bits per heavy atom. The van der Waals surface area contributed by atoms with Gasteiger partial charge in [-0.25, -0.2) is 0 Å². The lowest BCUT2D eigenvalue weighted by Crippen LogP contribution is -2.27. The normalized spacial score (nSPS) is 24.2. The standard InChI is InChI=1S/C10H19NO2/c1-8(2)7-13-11-9-5-6-12-10(9,3)4/h8H,5-7H2,1-4H3/b11-9-. The second-order valence-electron chi connectivity index (χ2n) is 4.34. The highest BCUT2D eigenvalue weighted by atomic mass is 16.6.